The van der Waals surface area contributed by atoms with Gasteiger partial charge < -0.3 is 25.1 Å². The number of amides is 1. The number of carbonyl (C=O) groups is 1. The van der Waals surface area contributed by atoms with Crippen molar-refractivity contribution in [1.82, 2.24) is 29.4 Å². The number of hydrogen-bond acceptors (Lipinski definition) is 6. The minimum absolute atomic E-state index is 0.219. The average molecular weight is 527 g/mol. The summed E-state index contributed by atoms with van der Waals surface area (Å²) in [6.45, 7) is 2.06. The number of imidazole rings is 1. The van der Waals surface area contributed by atoms with Gasteiger partial charge in [-0.2, -0.15) is 0 Å². The van der Waals surface area contributed by atoms with Crippen molar-refractivity contribution in [3.63, 3.8) is 0 Å². The zero-order valence-electron chi connectivity index (χ0n) is 21.1. The van der Waals surface area contributed by atoms with Crippen molar-refractivity contribution in [1.29, 1.82) is 0 Å². The van der Waals surface area contributed by atoms with Crippen LogP contribution in [-0.2, 0) is 19.9 Å². The van der Waals surface area contributed by atoms with E-state index in [0.717, 1.165) is 42.7 Å². The molecule has 192 valence electrons. The van der Waals surface area contributed by atoms with Crippen molar-refractivity contribution in [3.05, 3.63) is 83.0 Å². The fraction of sp³-hybridized carbons (Fsp3) is 0.214. The number of aromatic nitrogens is 5. The Morgan fingerprint density at radius 2 is 1.82 bits per heavy atom. The number of halogens is 1. The zero-order chi connectivity index (χ0) is 26.2. The van der Waals surface area contributed by atoms with Crippen LogP contribution in [0.1, 0.15) is 21.6 Å². The Balaban J connectivity index is 1.21. The molecule has 0 radical (unpaired) electrons. The number of H-pyrrole nitrogens is 1. The number of aromatic amines is 1. The zero-order valence-corrected chi connectivity index (χ0v) is 21.9. The molecule has 2 aromatic carbocycles. The van der Waals surface area contributed by atoms with E-state index in [4.69, 9.17) is 11.6 Å². The lowest BCUT2D eigenvalue weighted by molar-refractivity contribution is 0.102. The van der Waals surface area contributed by atoms with Crippen LogP contribution in [0.4, 0.5) is 17.3 Å². The summed E-state index contributed by atoms with van der Waals surface area (Å²) in [5, 5.41) is 7.53. The molecule has 0 unspecified atom stereocenters. The van der Waals surface area contributed by atoms with Crippen molar-refractivity contribution in [2.45, 2.75) is 12.8 Å². The molecule has 0 saturated heterocycles. The molecule has 5 aromatic rings. The average Bonchev–Trinajstić information content (AvgIpc) is 3.49. The highest BCUT2D eigenvalue weighted by molar-refractivity contribution is 6.35. The second kappa shape index (κ2) is 9.92. The van der Waals surface area contributed by atoms with Crippen molar-refractivity contribution in [3.8, 4) is 11.4 Å². The molecular formula is C28H27ClN8O. The summed E-state index contributed by atoms with van der Waals surface area (Å²) >= 11 is 6.58. The van der Waals surface area contributed by atoms with E-state index in [1.165, 1.54) is 11.1 Å². The summed E-state index contributed by atoms with van der Waals surface area (Å²) in [5.74, 6) is 0.204. The van der Waals surface area contributed by atoms with Crippen molar-refractivity contribution >= 4 is 45.7 Å². The molecule has 1 amide bonds. The van der Waals surface area contributed by atoms with Gasteiger partial charge in [-0.25, -0.2) is 15.0 Å². The Kier molecular flexibility index (Phi) is 6.30. The van der Waals surface area contributed by atoms with Gasteiger partial charge in [-0.15, -0.1) is 0 Å². The number of nitrogens with one attached hydrogen (secondary N) is 3. The van der Waals surface area contributed by atoms with Crippen LogP contribution in [0, 0.1) is 0 Å². The van der Waals surface area contributed by atoms with Gasteiger partial charge in [0.1, 0.15) is 11.4 Å². The number of fused-ring (bicyclic) bond motifs is 2. The maximum absolute atomic E-state index is 13.1. The summed E-state index contributed by atoms with van der Waals surface area (Å²) < 4.78 is 1.86. The second-order valence-corrected chi connectivity index (χ2v) is 10.1. The van der Waals surface area contributed by atoms with Gasteiger partial charge in [0, 0.05) is 49.3 Å². The molecule has 1 aliphatic heterocycles. The van der Waals surface area contributed by atoms with Gasteiger partial charge in [0.25, 0.3) is 5.91 Å². The highest BCUT2D eigenvalue weighted by atomic mass is 35.5. The molecule has 0 atom stereocenters. The normalized spacial score (nSPS) is 13.8. The lowest BCUT2D eigenvalue weighted by Gasteiger charge is -2.10. The Labute approximate surface area is 224 Å². The van der Waals surface area contributed by atoms with Gasteiger partial charge in [0.15, 0.2) is 0 Å². The largest absolute Gasteiger partial charge is 0.349 e. The van der Waals surface area contributed by atoms with Crippen LogP contribution in [0.15, 0.2) is 61.2 Å². The third-order valence-corrected chi connectivity index (χ3v) is 7.09. The van der Waals surface area contributed by atoms with E-state index in [1.807, 2.05) is 36.0 Å². The minimum Gasteiger partial charge on any atom is -0.349 e. The first kappa shape index (κ1) is 24.1. The monoisotopic (exact) mass is 526 g/mol. The van der Waals surface area contributed by atoms with E-state index in [-0.39, 0.29) is 5.91 Å². The van der Waals surface area contributed by atoms with Crippen LogP contribution in [0.5, 0.6) is 0 Å². The summed E-state index contributed by atoms with van der Waals surface area (Å²) in [4.78, 5) is 31.8. The first-order valence-corrected chi connectivity index (χ1v) is 12.8. The molecule has 10 heteroatoms. The number of nitrogens with zero attached hydrogens (tertiary/aromatic N) is 5. The molecule has 0 spiro atoms. The van der Waals surface area contributed by atoms with Crippen molar-refractivity contribution in [2.75, 3.05) is 30.8 Å². The van der Waals surface area contributed by atoms with E-state index in [2.05, 4.69) is 54.6 Å². The standard InChI is InChI=1S/C28H27ClN8O/c1-36-9-6-17-3-4-20(11-18(17)7-10-36)32-27(38)24-13-19-12-21(14-22(29)26(19)34-24)33-28-30-8-5-23(35-28)25-15-37(2)16-31-25/h3-5,8,11-16,34H,6-7,9-10H2,1-2H3,(H,32,38)(H,30,33,35). The van der Waals surface area contributed by atoms with Crippen LogP contribution >= 0.6 is 11.6 Å². The molecule has 3 N–H and O–H groups in total. The molecule has 1 aliphatic rings. The fourth-order valence-corrected chi connectivity index (χ4v) is 5.02. The summed E-state index contributed by atoms with van der Waals surface area (Å²) in [6, 6.07) is 13.5. The molecule has 0 fully saturated rings. The molecular weight excluding hydrogens is 500 g/mol. The summed E-state index contributed by atoms with van der Waals surface area (Å²) in [6.07, 6.45) is 7.30. The van der Waals surface area contributed by atoms with Gasteiger partial charge in [-0.3, -0.25) is 4.79 Å². The van der Waals surface area contributed by atoms with Crippen LogP contribution in [-0.4, -0.2) is 55.4 Å². The molecule has 0 bridgehead atoms. The number of benzene rings is 2. The van der Waals surface area contributed by atoms with E-state index < -0.39 is 0 Å². The Morgan fingerprint density at radius 1 is 0.974 bits per heavy atom. The third kappa shape index (κ3) is 4.98. The van der Waals surface area contributed by atoms with Crippen LogP contribution in [0.2, 0.25) is 5.02 Å². The summed E-state index contributed by atoms with van der Waals surface area (Å²) in [5.41, 5.74) is 6.72. The van der Waals surface area contributed by atoms with E-state index >= 15 is 0 Å². The van der Waals surface area contributed by atoms with Crippen LogP contribution in [0.3, 0.4) is 0 Å². The first-order valence-electron chi connectivity index (χ1n) is 12.4. The lowest BCUT2D eigenvalue weighted by atomic mass is 10.0. The molecule has 38 heavy (non-hydrogen) atoms. The number of hydrogen-bond donors (Lipinski definition) is 3. The third-order valence-electron chi connectivity index (χ3n) is 6.79. The Bertz CT molecular complexity index is 1660. The molecule has 6 rings (SSSR count). The van der Waals surface area contributed by atoms with E-state index in [1.54, 1.807) is 24.7 Å². The molecule has 0 aliphatic carbocycles. The topological polar surface area (TPSA) is 104 Å². The second-order valence-electron chi connectivity index (χ2n) is 9.66. The molecule has 4 heterocycles. The van der Waals surface area contributed by atoms with E-state index in [0.29, 0.717) is 33.6 Å². The first-order chi connectivity index (χ1) is 18.4. The van der Waals surface area contributed by atoms with Crippen LogP contribution in [0.25, 0.3) is 22.3 Å². The van der Waals surface area contributed by atoms with Crippen molar-refractivity contribution < 1.29 is 4.79 Å². The highest BCUT2D eigenvalue weighted by Crippen LogP contribution is 2.30. The van der Waals surface area contributed by atoms with Gasteiger partial charge in [-0.1, -0.05) is 17.7 Å². The summed E-state index contributed by atoms with van der Waals surface area (Å²) in [7, 11) is 4.05. The maximum Gasteiger partial charge on any atom is 0.272 e. The van der Waals surface area contributed by atoms with Crippen LogP contribution < -0.4 is 10.6 Å². The maximum atomic E-state index is 13.1. The molecule has 9 nitrogen and oxygen atoms in total. The van der Waals surface area contributed by atoms with Gasteiger partial charge in [0.2, 0.25) is 5.95 Å². The van der Waals surface area contributed by atoms with Gasteiger partial charge in [0.05, 0.1) is 22.6 Å². The minimum atomic E-state index is -0.219. The lowest BCUT2D eigenvalue weighted by Crippen LogP contribution is -2.20. The predicted octanol–water partition coefficient (Wildman–Crippen LogP) is 5.04. The number of likely N-dealkylation sites (N-methyl/N-ethyl adjacent to an activating group) is 1. The fourth-order valence-electron chi connectivity index (χ4n) is 4.74. The smallest absolute Gasteiger partial charge is 0.272 e. The van der Waals surface area contributed by atoms with E-state index in [9.17, 15) is 4.79 Å². The number of carbonyl (C=O) groups excluding carboxylic acids is 1. The number of anilines is 3. The number of rotatable bonds is 5. The van der Waals surface area contributed by atoms with Gasteiger partial charge in [-0.05, 0) is 67.4 Å². The predicted molar refractivity (Wildman–Crippen MR) is 150 cm³/mol. The number of aryl methyl sites for hydroxylation is 1. The Hall–Kier alpha value is -4.21. The quantitative estimate of drug-likeness (QED) is 0.296. The SMILES string of the molecule is CN1CCc2ccc(NC(=O)c3cc4cc(Nc5nccc(-c6cn(C)cn6)n5)cc(Cl)c4[nH]3)cc2CC1. The molecule has 3 aromatic heterocycles. The van der Waals surface area contributed by atoms with Crippen molar-refractivity contribution in [2.24, 2.45) is 7.05 Å². The molecule has 0 saturated carbocycles. The highest BCUT2D eigenvalue weighted by Gasteiger charge is 2.16. The van der Waals surface area contributed by atoms with Gasteiger partial charge >= 0.3 is 0 Å². The Morgan fingerprint density at radius 3 is 2.63 bits per heavy atom.